The quantitative estimate of drug-likeness (QED) is 0.890. The zero-order valence-corrected chi connectivity index (χ0v) is 12.2. The molecule has 3 rings (SSSR count). The van der Waals surface area contributed by atoms with Crippen molar-refractivity contribution in [3.05, 3.63) is 35.4 Å². The van der Waals surface area contributed by atoms with Gasteiger partial charge in [0.15, 0.2) is 0 Å². The summed E-state index contributed by atoms with van der Waals surface area (Å²) in [6.45, 7) is 1.10. The number of rotatable bonds is 3. The van der Waals surface area contributed by atoms with E-state index in [1.165, 1.54) is 29.7 Å². The average Bonchev–Trinajstić information content (AvgIpc) is 2.47. The van der Waals surface area contributed by atoms with Crippen LogP contribution in [0.5, 0.6) is 0 Å². The topological polar surface area (TPSA) is 32.3 Å². The van der Waals surface area contributed by atoms with Gasteiger partial charge in [0.25, 0.3) is 0 Å². The third-order valence-corrected chi connectivity index (χ3v) is 5.53. The molecule has 1 aromatic rings. The molecule has 1 saturated carbocycles. The first-order chi connectivity index (χ1) is 9.33. The minimum atomic E-state index is -0.0396. The molecule has 1 aliphatic carbocycles. The number of nitrogens with one attached hydrogen (secondary N) is 1. The Hall–Kier alpha value is -0.510. The summed E-state index contributed by atoms with van der Waals surface area (Å²) in [5, 5.41) is 13.3. The lowest BCUT2D eigenvalue weighted by Crippen LogP contribution is -2.33. The summed E-state index contributed by atoms with van der Waals surface area (Å²) in [6, 6.07) is 9.34. The molecule has 1 fully saturated rings. The maximum absolute atomic E-state index is 9.55. The van der Waals surface area contributed by atoms with Crippen LogP contribution in [0.15, 0.2) is 24.3 Å². The van der Waals surface area contributed by atoms with Crippen LogP contribution in [-0.2, 0) is 5.75 Å². The van der Waals surface area contributed by atoms with Crippen molar-refractivity contribution in [3.8, 4) is 0 Å². The molecule has 1 aliphatic heterocycles. The predicted molar refractivity (Wildman–Crippen MR) is 81.3 cm³/mol. The van der Waals surface area contributed by atoms with Crippen LogP contribution in [0, 0.1) is 5.92 Å². The molecule has 0 aromatic heterocycles. The SMILES string of the molecule is OC1CCC(CNC2CSCc3ccccc32)CC1. The van der Waals surface area contributed by atoms with E-state index in [1.807, 2.05) is 11.8 Å². The van der Waals surface area contributed by atoms with Gasteiger partial charge in [0.1, 0.15) is 0 Å². The van der Waals surface area contributed by atoms with Crippen molar-refractivity contribution in [2.24, 2.45) is 5.92 Å². The molecule has 104 valence electrons. The summed E-state index contributed by atoms with van der Waals surface area (Å²) in [5.74, 6) is 3.10. The molecule has 0 amide bonds. The highest BCUT2D eigenvalue weighted by molar-refractivity contribution is 7.98. The van der Waals surface area contributed by atoms with Crippen LogP contribution < -0.4 is 5.32 Å². The molecule has 1 aromatic carbocycles. The van der Waals surface area contributed by atoms with Crippen molar-refractivity contribution in [2.75, 3.05) is 12.3 Å². The van der Waals surface area contributed by atoms with Gasteiger partial charge in [0.05, 0.1) is 6.10 Å². The Morgan fingerprint density at radius 2 is 1.95 bits per heavy atom. The van der Waals surface area contributed by atoms with Crippen molar-refractivity contribution < 1.29 is 5.11 Å². The van der Waals surface area contributed by atoms with Crippen LogP contribution in [-0.4, -0.2) is 23.5 Å². The minimum absolute atomic E-state index is 0.0396. The molecular formula is C16H23NOS. The van der Waals surface area contributed by atoms with Gasteiger partial charge >= 0.3 is 0 Å². The first-order valence-electron chi connectivity index (χ1n) is 7.40. The number of hydrogen-bond acceptors (Lipinski definition) is 3. The molecular weight excluding hydrogens is 254 g/mol. The number of aliphatic hydroxyl groups is 1. The van der Waals surface area contributed by atoms with E-state index in [0.717, 1.165) is 31.1 Å². The van der Waals surface area contributed by atoms with Gasteiger partial charge in [-0.3, -0.25) is 0 Å². The molecule has 0 spiro atoms. The van der Waals surface area contributed by atoms with Gasteiger partial charge in [-0.25, -0.2) is 0 Å². The van der Waals surface area contributed by atoms with Crippen molar-refractivity contribution in [1.82, 2.24) is 5.32 Å². The summed E-state index contributed by atoms with van der Waals surface area (Å²) < 4.78 is 0. The molecule has 2 nitrogen and oxygen atoms in total. The summed E-state index contributed by atoms with van der Waals surface area (Å²) >= 11 is 2.03. The Balaban J connectivity index is 1.56. The van der Waals surface area contributed by atoms with E-state index < -0.39 is 0 Å². The van der Waals surface area contributed by atoms with Crippen LogP contribution in [0.2, 0.25) is 0 Å². The number of benzene rings is 1. The molecule has 0 bridgehead atoms. The minimum Gasteiger partial charge on any atom is -0.393 e. The zero-order valence-electron chi connectivity index (χ0n) is 11.3. The number of aliphatic hydroxyl groups excluding tert-OH is 1. The molecule has 0 radical (unpaired) electrons. The standard InChI is InChI=1S/C16H23NOS/c18-14-7-5-12(6-8-14)9-17-16-11-19-10-13-3-1-2-4-15(13)16/h1-4,12,14,16-18H,5-11H2. The maximum atomic E-state index is 9.55. The highest BCUT2D eigenvalue weighted by Crippen LogP contribution is 2.32. The van der Waals surface area contributed by atoms with E-state index in [-0.39, 0.29) is 6.10 Å². The van der Waals surface area contributed by atoms with Crippen molar-refractivity contribution >= 4 is 11.8 Å². The van der Waals surface area contributed by atoms with E-state index >= 15 is 0 Å². The van der Waals surface area contributed by atoms with Crippen LogP contribution in [0.3, 0.4) is 0 Å². The highest BCUT2D eigenvalue weighted by atomic mass is 32.2. The molecule has 2 aliphatic rings. The fourth-order valence-corrected chi connectivity index (χ4v) is 4.34. The van der Waals surface area contributed by atoms with E-state index in [9.17, 15) is 5.11 Å². The number of hydrogen-bond donors (Lipinski definition) is 2. The average molecular weight is 277 g/mol. The molecule has 0 saturated heterocycles. The largest absolute Gasteiger partial charge is 0.393 e. The Bertz CT molecular complexity index is 415. The van der Waals surface area contributed by atoms with E-state index in [1.54, 1.807) is 0 Å². The van der Waals surface area contributed by atoms with Crippen LogP contribution in [0.1, 0.15) is 42.9 Å². The number of thioether (sulfide) groups is 1. The second kappa shape index (κ2) is 6.29. The molecule has 19 heavy (non-hydrogen) atoms. The first kappa shape index (κ1) is 13.5. The molecule has 1 unspecified atom stereocenters. The summed E-state index contributed by atoms with van der Waals surface area (Å²) in [5.41, 5.74) is 2.99. The maximum Gasteiger partial charge on any atom is 0.0540 e. The van der Waals surface area contributed by atoms with Gasteiger partial charge in [-0.15, -0.1) is 0 Å². The van der Waals surface area contributed by atoms with Crippen LogP contribution >= 0.6 is 11.8 Å². The second-order valence-electron chi connectivity index (χ2n) is 5.85. The Labute approximate surface area is 120 Å². The van der Waals surface area contributed by atoms with E-state index in [2.05, 4.69) is 29.6 Å². The van der Waals surface area contributed by atoms with Gasteiger partial charge in [-0.2, -0.15) is 11.8 Å². The van der Waals surface area contributed by atoms with E-state index in [4.69, 9.17) is 0 Å². The highest BCUT2D eigenvalue weighted by Gasteiger charge is 2.23. The number of fused-ring (bicyclic) bond motifs is 1. The normalized spacial score (nSPS) is 30.9. The third kappa shape index (κ3) is 3.33. The van der Waals surface area contributed by atoms with Gasteiger partial charge in [0.2, 0.25) is 0 Å². The molecule has 1 atom stereocenters. The summed E-state index contributed by atoms with van der Waals surface area (Å²) in [6.07, 6.45) is 4.29. The Morgan fingerprint density at radius 1 is 1.16 bits per heavy atom. The smallest absolute Gasteiger partial charge is 0.0540 e. The lowest BCUT2D eigenvalue weighted by atomic mass is 9.87. The van der Waals surface area contributed by atoms with E-state index in [0.29, 0.717) is 6.04 Å². The Kier molecular flexibility index (Phi) is 4.46. The molecule has 1 heterocycles. The van der Waals surface area contributed by atoms with Crippen molar-refractivity contribution in [3.63, 3.8) is 0 Å². The lowest BCUT2D eigenvalue weighted by molar-refractivity contribution is 0.108. The zero-order chi connectivity index (χ0) is 13.1. The van der Waals surface area contributed by atoms with Gasteiger partial charge in [0, 0.05) is 17.5 Å². The fourth-order valence-electron chi connectivity index (χ4n) is 3.21. The van der Waals surface area contributed by atoms with Crippen molar-refractivity contribution in [2.45, 2.75) is 43.6 Å². The molecule has 2 N–H and O–H groups in total. The summed E-state index contributed by atoms with van der Waals surface area (Å²) in [4.78, 5) is 0. The van der Waals surface area contributed by atoms with Gasteiger partial charge in [-0.05, 0) is 49.3 Å². The second-order valence-corrected chi connectivity index (χ2v) is 6.88. The van der Waals surface area contributed by atoms with Crippen molar-refractivity contribution in [1.29, 1.82) is 0 Å². The monoisotopic (exact) mass is 277 g/mol. The fraction of sp³-hybridized carbons (Fsp3) is 0.625. The van der Waals surface area contributed by atoms with Crippen LogP contribution in [0.25, 0.3) is 0 Å². The predicted octanol–water partition coefficient (Wildman–Crippen LogP) is 3.12. The van der Waals surface area contributed by atoms with Gasteiger partial charge < -0.3 is 10.4 Å². The first-order valence-corrected chi connectivity index (χ1v) is 8.55. The molecule has 3 heteroatoms. The summed E-state index contributed by atoms with van der Waals surface area (Å²) in [7, 11) is 0. The Morgan fingerprint density at radius 3 is 2.79 bits per heavy atom. The van der Waals surface area contributed by atoms with Gasteiger partial charge in [-0.1, -0.05) is 24.3 Å². The van der Waals surface area contributed by atoms with Crippen LogP contribution in [0.4, 0.5) is 0 Å². The third-order valence-electron chi connectivity index (χ3n) is 4.44. The lowest BCUT2D eigenvalue weighted by Gasteiger charge is -2.30.